The maximum atomic E-state index is 12.6. The van der Waals surface area contributed by atoms with Crippen molar-refractivity contribution in [2.75, 3.05) is 39.8 Å². The zero-order valence-electron chi connectivity index (χ0n) is 16.9. The summed E-state index contributed by atoms with van der Waals surface area (Å²) in [5.41, 5.74) is 1.29. The second-order valence-corrected chi connectivity index (χ2v) is 10.6. The number of nitrogens with zero attached hydrogens (tertiary/aromatic N) is 3. The molecule has 8 heteroatoms. The Bertz CT molecular complexity index is 870. The molecule has 3 rings (SSSR count). The van der Waals surface area contributed by atoms with E-state index in [0.29, 0.717) is 23.6 Å². The van der Waals surface area contributed by atoms with E-state index in [-0.39, 0.29) is 5.91 Å². The van der Waals surface area contributed by atoms with Crippen LogP contribution >= 0.6 is 11.3 Å². The van der Waals surface area contributed by atoms with Gasteiger partial charge in [-0.25, -0.2) is 12.7 Å². The van der Waals surface area contributed by atoms with Gasteiger partial charge in [-0.3, -0.25) is 9.69 Å². The van der Waals surface area contributed by atoms with E-state index in [1.165, 1.54) is 21.2 Å². The first-order valence-corrected chi connectivity index (χ1v) is 12.3. The molecule has 0 spiro atoms. The number of carbonyl (C=O) groups excluding carboxylic acids is 1. The average molecular weight is 436 g/mol. The Kier molecular flexibility index (Phi) is 7.83. The molecule has 0 aliphatic carbocycles. The smallest absolute Gasteiger partial charge is 0.252 e. The van der Waals surface area contributed by atoms with Gasteiger partial charge in [0.15, 0.2) is 0 Å². The molecular formula is C21H29N3O3S2. The van der Waals surface area contributed by atoms with Gasteiger partial charge in [0.05, 0.1) is 0 Å². The van der Waals surface area contributed by atoms with E-state index in [1.807, 2.05) is 11.0 Å². The third-order valence-electron chi connectivity index (χ3n) is 5.21. The molecule has 0 bridgehead atoms. The molecule has 1 aromatic heterocycles. The van der Waals surface area contributed by atoms with E-state index in [4.69, 9.17) is 0 Å². The lowest BCUT2D eigenvalue weighted by atomic mass is 10.2. The van der Waals surface area contributed by atoms with Gasteiger partial charge in [-0.2, -0.15) is 0 Å². The van der Waals surface area contributed by atoms with Crippen LogP contribution in [0, 0.1) is 0 Å². The fraction of sp³-hybridized carbons (Fsp3) is 0.476. The highest BCUT2D eigenvalue weighted by molar-refractivity contribution is 7.91. The van der Waals surface area contributed by atoms with Crippen molar-refractivity contribution in [1.82, 2.24) is 14.1 Å². The van der Waals surface area contributed by atoms with Gasteiger partial charge < -0.3 is 4.90 Å². The van der Waals surface area contributed by atoms with Crippen LogP contribution < -0.4 is 0 Å². The summed E-state index contributed by atoms with van der Waals surface area (Å²) in [4.78, 5) is 16.9. The predicted octanol–water partition coefficient (Wildman–Crippen LogP) is 2.88. The maximum absolute atomic E-state index is 12.6. The molecule has 0 atom stereocenters. The van der Waals surface area contributed by atoms with Crippen LogP contribution in [-0.4, -0.2) is 68.2 Å². The lowest BCUT2D eigenvalue weighted by Crippen LogP contribution is -2.35. The van der Waals surface area contributed by atoms with E-state index < -0.39 is 10.0 Å². The summed E-state index contributed by atoms with van der Waals surface area (Å²) in [6.45, 7) is 4.62. The normalized spacial score (nSPS) is 16.1. The van der Waals surface area contributed by atoms with E-state index in [2.05, 4.69) is 29.2 Å². The number of carbonyl (C=O) groups is 1. The van der Waals surface area contributed by atoms with Crippen LogP contribution in [0.5, 0.6) is 0 Å². The topological polar surface area (TPSA) is 60.9 Å². The van der Waals surface area contributed by atoms with Gasteiger partial charge in [-0.15, -0.1) is 11.3 Å². The molecule has 1 fully saturated rings. The predicted molar refractivity (Wildman–Crippen MR) is 116 cm³/mol. The van der Waals surface area contributed by atoms with E-state index in [1.54, 1.807) is 24.6 Å². The lowest BCUT2D eigenvalue weighted by molar-refractivity contribution is -0.131. The molecule has 0 N–H and O–H groups in total. The Hall–Kier alpha value is -1.74. The van der Waals surface area contributed by atoms with Crippen molar-refractivity contribution < 1.29 is 13.2 Å². The van der Waals surface area contributed by atoms with Crippen molar-refractivity contribution in [3.05, 3.63) is 53.4 Å². The molecule has 29 heavy (non-hydrogen) atoms. The van der Waals surface area contributed by atoms with Crippen LogP contribution in [0.2, 0.25) is 0 Å². The quantitative estimate of drug-likeness (QED) is 0.640. The zero-order valence-corrected chi connectivity index (χ0v) is 18.5. The highest BCUT2D eigenvalue weighted by atomic mass is 32.2. The number of hydrogen-bond acceptors (Lipinski definition) is 5. The van der Waals surface area contributed by atoms with Gasteiger partial charge in [0.25, 0.3) is 10.0 Å². The third-order valence-corrected chi connectivity index (χ3v) is 8.44. The number of hydrogen-bond donors (Lipinski definition) is 0. The van der Waals surface area contributed by atoms with Crippen LogP contribution in [-0.2, 0) is 21.4 Å². The highest BCUT2D eigenvalue weighted by Gasteiger charge is 2.23. The minimum Gasteiger partial charge on any atom is -0.341 e. The Morgan fingerprint density at radius 3 is 2.59 bits per heavy atom. The molecule has 1 saturated heterocycles. The van der Waals surface area contributed by atoms with Crippen molar-refractivity contribution in [2.24, 2.45) is 0 Å². The molecule has 1 aliphatic heterocycles. The van der Waals surface area contributed by atoms with Crippen molar-refractivity contribution >= 4 is 27.3 Å². The summed E-state index contributed by atoms with van der Waals surface area (Å²) in [7, 11) is -1.86. The first-order valence-electron chi connectivity index (χ1n) is 10.0. The standard InChI is InChI=1S/C21H29N3O3S2/c1-22(29(26,27)21-11-6-17-28-21)12-5-10-20(25)24-14-7-13-23(15-16-24)18-19-8-3-2-4-9-19/h2-4,6,8-9,11,17H,5,7,10,12-16,18H2,1H3. The highest BCUT2D eigenvalue weighted by Crippen LogP contribution is 2.20. The largest absolute Gasteiger partial charge is 0.341 e. The van der Waals surface area contributed by atoms with Crippen LogP contribution in [0.15, 0.2) is 52.1 Å². The van der Waals surface area contributed by atoms with Crippen LogP contribution in [0.25, 0.3) is 0 Å². The first kappa shape index (κ1) is 22.0. The van der Waals surface area contributed by atoms with Crippen molar-refractivity contribution in [3.8, 4) is 0 Å². The molecular weight excluding hydrogens is 406 g/mol. The summed E-state index contributed by atoms with van der Waals surface area (Å²) >= 11 is 1.21. The Morgan fingerprint density at radius 2 is 1.86 bits per heavy atom. The van der Waals surface area contributed by atoms with Crippen LogP contribution in [0.3, 0.4) is 0 Å². The van der Waals surface area contributed by atoms with Gasteiger partial charge in [0.1, 0.15) is 4.21 Å². The summed E-state index contributed by atoms with van der Waals surface area (Å²) < 4.78 is 26.6. The maximum Gasteiger partial charge on any atom is 0.252 e. The van der Waals surface area contributed by atoms with Gasteiger partial charge in [0, 0.05) is 52.7 Å². The second kappa shape index (κ2) is 10.3. The number of thiophene rings is 1. The van der Waals surface area contributed by atoms with Gasteiger partial charge in [-0.05, 0) is 29.9 Å². The Balaban J connectivity index is 1.43. The zero-order chi connectivity index (χ0) is 20.7. The molecule has 1 aliphatic rings. The van der Waals surface area contributed by atoms with Crippen molar-refractivity contribution in [3.63, 3.8) is 0 Å². The minimum absolute atomic E-state index is 0.119. The number of rotatable bonds is 8. The molecule has 1 aromatic carbocycles. The van der Waals surface area contributed by atoms with E-state index in [0.717, 1.165) is 39.1 Å². The van der Waals surface area contributed by atoms with Crippen LogP contribution in [0.4, 0.5) is 0 Å². The molecule has 2 aromatic rings. The molecule has 0 unspecified atom stereocenters. The molecule has 0 saturated carbocycles. The second-order valence-electron chi connectivity index (χ2n) is 7.36. The summed E-state index contributed by atoms with van der Waals surface area (Å²) in [5.74, 6) is 0.119. The molecule has 2 heterocycles. The third kappa shape index (κ3) is 6.12. The van der Waals surface area contributed by atoms with Crippen LogP contribution in [0.1, 0.15) is 24.8 Å². The number of benzene rings is 1. The Morgan fingerprint density at radius 1 is 1.07 bits per heavy atom. The first-order chi connectivity index (χ1) is 14.0. The number of amides is 1. The van der Waals surface area contributed by atoms with E-state index >= 15 is 0 Å². The van der Waals surface area contributed by atoms with Gasteiger partial charge in [-0.1, -0.05) is 36.4 Å². The van der Waals surface area contributed by atoms with Crippen molar-refractivity contribution in [1.29, 1.82) is 0 Å². The molecule has 158 valence electrons. The fourth-order valence-corrected chi connectivity index (χ4v) is 5.93. The van der Waals surface area contributed by atoms with Gasteiger partial charge >= 0.3 is 0 Å². The van der Waals surface area contributed by atoms with Crippen molar-refractivity contribution in [2.45, 2.75) is 30.0 Å². The average Bonchev–Trinajstić information content (AvgIpc) is 3.17. The fourth-order valence-electron chi connectivity index (χ4n) is 3.52. The Labute approximate surface area is 177 Å². The monoisotopic (exact) mass is 435 g/mol. The summed E-state index contributed by atoms with van der Waals surface area (Å²) in [6, 6.07) is 13.7. The molecule has 6 nitrogen and oxygen atoms in total. The summed E-state index contributed by atoms with van der Waals surface area (Å²) in [5, 5.41) is 1.75. The number of sulfonamides is 1. The SMILES string of the molecule is CN(CCCC(=O)N1CCCN(Cc2ccccc2)CC1)S(=O)(=O)c1cccs1. The molecule has 0 radical (unpaired) electrons. The molecule has 1 amide bonds. The minimum atomic E-state index is -3.44. The lowest BCUT2D eigenvalue weighted by Gasteiger charge is -2.22. The summed E-state index contributed by atoms with van der Waals surface area (Å²) in [6.07, 6.45) is 1.87. The van der Waals surface area contributed by atoms with Gasteiger partial charge in [0.2, 0.25) is 5.91 Å². The van der Waals surface area contributed by atoms with E-state index in [9.17, 15) is 13.2 Å².